The molecule has 0 bridgehead atoms. The van der Waals surface area contributed by atoms with Crippen LogP contribution >= 0.6 is 7.82 Å². The van der Waals surface area contributed by atoms with Crippen molar-refractivity contribution in [3.05, 3.63) is 12.2 Å². The maximum atomic E-state index is 12.8. The van der Waals surface area contributed by atoms with Gasteiger partial charge < -0.3 is 27.9 Å². The first kappa shape index (κ1) is 65.8. The monoisotopic (exact) mass is 970 g/mol. The standard InChI is InChI=1S/C57H112NO8P/c1-6-8-10-12-14-16-18-20-22-24-26-27-28-29-30-31-32-34-35-37-39-41-43-45-47-49-56(59)63-53-55(54-65-67(61,62)64-52-51-58(3,4)5)66-57(60)50-48-46-44-42-40-38-36-33-25-23-21-19-17-15-13-11-9-7-2/h23,25,55H,6-22,24,26-54H2,1-5H3/b25-23-. The molecule has 0 aliphatic rings. The molecule has 0 saturated carbocycles. The Kier molecular flexibility index (Phi) is 48.8. The maximum absolute atomic E-state index is 12.8. The highest BCUT2D eigenvalue weighted by Crippen LogP contribution is 2.38. The van der Waals surface area contributed by atoms with E-state index in [-0.39, 0.29) is 32.0 Å². The van der Waals surface area contributed by atoms with Crippen molar-refractivity contribution < 1.29 is 42.1 Å². The number of carbonyl (C=O) groups excluding carboxylic acids is 2. The minimum Gasteiger partial charge on any atom is -0.756 e. The Morgan fingerprint density at radius 2 is 0.761 bits per heavy atom. The summed E-state index contributed by atoms with van der Waals surface area (Å²) in [4.78, 5) is 37.8. The third-order valence-electron chi connectivity index (χ3n) is 13.0. The van der Waals surface area contributed by atoms with Crippen LogP contribution in [-0.4, -0.2) is 70.0 Å². The Labute approximate surface area is 416 Å². The number of allylic oxidation sites excluding steroid dienone is 2. The van der Waals surface area contributed by atoms with Gasteiger partial charge in [0.05, 0.1) is 27.7 Å². The topological polar surface area (TPSA) is 111 Å². The number of likely N-dealkylation sites (N-methyl/N-ethyl adjacent to an activating group) is 1. The van der Waals surface area contributed by atoms with Gasteiger partial charge in [-0.2, -0.15) is 0 Å². The largest absolute Gasteiger partial charge is 0.756 e. The van der Waals surface area contributed by atoms with Gasteiger partial charge in [-0.25, -0.2) is 0 Å². The predicted molar refractivity (Wildman–Crippen MR) is 282 cm³/mol. The molecular formula is C57H112NO8P. The van der Waals surface area contributed by atoms with Crippen molar-refractivity contribution in [1.82, 2.24) is 0 Å². The van der Waals surface area contributed by atoms with Crippen molar-refractivity contribution in [2.75, 3.05) is 47.5 Å². The summed E-state index contributed by atoms with van der Waals surface area (Å²) in [7, 11) is 1.18. The van der Waals surface area contributed by atoms with Crippen LogP contribution in [0.2, 0.25) is 0 Å². The molecule has 0 fully saturated rings. The van der Waals surface area contributed by atoms with Gasteiger partial charge in [-0.05, 0) is 38.5 Å². The fraction of sp³-hybridized carbons (Fsp3) is 0.930. The van der Waals surface area contributed by atoms with Crippen LogP contribution in [0.3, 0.4) is 0 Å². The number of carbonyl (C=O) groups is 2. The van der Waals surface area contributed by atoms with Gasteiger partial charge in [0.1, 0.15) is 19.8 Å². The van der Waals surface area contributed by atoms with E-state index in [2.05, 4.69) is 26.0 Å². The highest BCUT2D eigenvalue weighted by Gasteiger charge is 2.22. The van der Waals surface area contributed by atoms with Gasteiger partial charge in [0, 0.05) is 12.8 Å². The molecule has 9 nitrogen and oxygen atoms in total. The van der Waals surface area contributed by atoms with Crippen molar-refractivity contribution in [2.45, 2.75) is 296 Å². The Bertz CT molecular complexity index is 1140. The molecule has 0 saturated heterocycles. The van der Waals surface area contributed by atoms with Crippen molar-refractivity contribution in [1.29, 1.82) is 0 Å². The van der Waals surface area contributed by atoms with Gasteiger partial charge in [-0.15, -0.1) is 0 Å². The number of rotatable bonds is 54. The number of quaternary nitrogens is 1. The van der Waals surface area contributed by atoms with Crippen molar-refractivity contribution in [3.63, 3.8) is 0 Å². The molecule has 2 unspecified atom stereocenters. The molecule has 0 spiro atoms. The molecular weight excluding hydrogens is 858 g/mol. The predicted octanol–water partition coefficient (Wildman–Crippen LogP) is 17.0. The van der Waals surface area contributed by atoms with Crippen LogP contribution in [0.25, 0.3) is 0 Å². The van der Waals surface area contributed by atoms with Gasteiger partial charge in [0.25, 0.3) is 7.82 Å². The van der Waals surface area contributed by atoms with Crippen molar-refractivity contribution in [2.24, 2.45) is 0 Å². The zero-order valence-electron chi connectivity index (χ0n) is 45.1. The van der Waals surface area contributed by atoms with E-state index in [1.54, 1.807) is 0 Å². The van der Waals surface area contributed by atoms with Crippen LogP contribution in [0.4, 0.5) is 0 Å². The second-order valence-corrected chi connectivity index (χ2v) is 22.4. The van der Waals surface area contributed by atoms with Crippen LogP contribution in [0, 0.1) is 0 Å². The first-order valence-corrected chi connectivity index (χ1v) is 30.4. The number of unbranched alkanes of at least 4 members (excludes halogenated alkanes) is 38. The smallest absolute Gasteiger partial charge is 0.306 e. The summed E-state index contributed by atoms with van der Waals surface area (Å²) in [6.45, 7) is 4.29. The lowest BCUT2D eigenvalue weighted by atomic mass is 10.0. The minimum absolute atomic E-state index is 0.0280. The number of nitrogens with zero attached hydrogens (tertiary/aromatic N) is 1. The molecule has 0 N–H and O–H groups in total. The molecule has 0 rings (SSSR count). The molecule has 0 aromatic carbocycles. The van der Waals surface area contributed by atoms with Gasteiger partial charge in [-0.3, -0.25) is 14.2 Å². The lowest BCUT2D eigenvalue weighted by Gasteiger charge is -2.28. The van der Waals surface area contributed by atoms with Crippen molar-refractivity contribution in [3.8, 4) is 0 Å². The molecule has 2 atom stereocenters. The number of hydrogen-bond donors (Lipinski definition) is 0. The van der Waals surface area contributed by atoms with E-state index in [0.29, 0.717) is 17.4 Å². The van der Waals surface area contributed by atoms with Gasteiger partial charge in [0.2, 0.25) is 0 Å². The zero-order chi connectivity index (χ0) is 49.2. The second kappa shape index (κ2) is 49.7. The summed E-state index contributed by atoms with van der Waals surface area (Å²) >= 11 is 0. The Hall–Kier alpha value is -1.25. The first-order chi connectivity index (χ1) is 32.5. The van der Waals surface area contributed by atoms with Gasteiger partial charge in [0.15, 0.2) is 6.10 Å². The lowest BCUT2D eigenvalue weighted by Crippen LogP contribution is -2.37. The normalized spacial score (nSPS) is 13.3. The van der Waals surface area contributed by atoms with Crippen LogP contribution in [-0.2, 0) is 32.7 Å². The Morgan fingerprint density at radius 1 is 0.448 bits per heavy atom. The van der Waals surface area contributed by atoms with E-state index in [1.165, 1.54) is 212 Å². The van der Waals surface area contributed by atoms with E-state index in [1.807, 2.05) is 21.1 Å². The molecule has 0 radical (unpaired) electrons. The average molecular weight is 970 g/mol. The molecule has 10 heteroatoms. The SMILES string of the molecule is CCCCCCCCC/C=C\CCCCCCCCCC(=O)OC(COC(=O)CCCCCCCCCCCCCCCCCCCCCCCCCCC)COP(=O)([O-])OCC[N+](C)(C)C. The highest BCUT2D eigenvalue weighted by atomic mass is 31.2. The van der Waals surface area contributed by atoms with Crippen LogP contribution in [0.1, 0.15) is 290 Å². The van der Waals surface area contributed by atoms with Gasteiger partial charge in [-0.1, -0.05) is 251 Å². The summed E-state index contributed by atoms with van der Waals surface area (Å²) in [6.07, 6.45) is 56.9. The number of hydrogen-bond acceptors (Lipinski definition) is 8. The van der Waals surface area contributed by atoms with E-state index in [0.717, 1.165) is 44.9 Å². The molecule has 0 aromatic rings. The molecule has 0 aliphatic carbocycles. The fourth-order valence-electron chi connectivity index (χ4n) is 8.54. The van der Waals surface area contributed by atoms with E-state index in [4.69, 9.17) is 18.5 Å². The number of ether oxygens (including phenoxy) is 2. The second-order valence-electron chi connectivity index (χ2n) is 21.0. The summed E-state index contributed by atoms with van der Waals surface area (Å²) in [5, 5.41) is 0. The number of phosphoric acid groups is 1. The van der Waals surface area contributed by atoms with E-state index < -0.39 is 26.5 Å². The third kappa shape index (κ3) is 53.9. The molecule has 0 amide bonds. The first-order valence-electron chi connectivity index (χ1n) is 28.9. The lowest BCUT2D eigenvalue weighted by molar-refractivity contribution is -0.870. The van der Waals surface area contributed by atoms with Crippen LogP contribution in [0.5, 0.6) is 0 Å². The van der Waals surface area contributed by atoms with Crippen molar-refractivity contribution >= 4 is 19.8 Å². The summed E-state index contributed by atoms with van der Waals surface area (Å²) < 4.78 is 34.1. The fourth-order valence-corrected chi connectivity index (χ4v) is 9.26. The summed E-state index contributed by atoms with van der Waals surface area (Å²) in [6, 6.07) is 0. The average Bonchev–Trinajstić information content (AvgIpc) is 3.29. The molecule has 67 heavy (non-hydrogen) atoms. The van der Waals surface area contributed by atoms with Crippen LogP contribution in [0.15, 0.2) is 12.2 Å². The molecule has 0 heterocycles. The van der Waals surface area contributed by atoms with Gasteiger partial charge >= 0.3 is 11.9 Å². The molecule has 0 aliphatic heterocycles. The van der Waals surface area contributed by atoms with E-state index >= 15 is 0 Å². The summed E-state index contributed by atoms with van der Waals surface area (Å²) in [5.41, 5.74) is 0. The quantitative estimate of drug-likeness (QED) is 0.0195. The van der Waals surface area contributed by atoms with E-state index in [9.17, 15) is 19.0 Å². The molecule has 398 valence electrons. The zero-order valence-corrected chi connectivity index (χ0v) is 46.0. The minimum atomic E-state index is -4.63. The maximum Gasteiger partial charge on any atom is 0.306 e. The Balaban J connectivity index is 4.10. The summed E-state index contributed by atoms with van der Waals surface area (Å²) in [5.74, 6) is -0.820. The Morgan fingerprint density at radius 3 is 1.10 bits per heavy atom. The number of phosphoric ester groups is 1. The number of esters is 2. The third-order valence-corrected chi connectivity index (χ3v) is 14.0. The highest BCUT2D eigenvalue weighted by molar-refractivity contribution is 7.45. The van der Waals surface area contributed by atoms with Crippen LogP contribution < -0.4 is 4.89 Å². The molecule has 0 aromatic heterocycles.